The molecule has 62 valence electrons. The number of halogens is 3. The predicted octanol–water partition coefficient (Wildman–Crippen LogP) is 1.98. The first-order valence-electron chi connectivity index (χ1n) is 3.22. The van der Waals surface area contributed by atoms with Gasteiger partial charge in [-0.2, -0.15) is 13.2 Å². The van der Waals surface area contributed by atoms with Crippen LogP contribution in [-0.2, 0) is 0 Å². The molecule has 0 bridgehead atoms. The molecule has 1 aliphatic heterocycles. The SMILES string of the molecule is CC1C=C(C(F)(F)F)C=CN1. The summed E-state index contributed by atoms with van der Waals surface area (Å²) in [4.78, 5) is 0. The Labute approximate surface area is 62.6 Å². The normalized spacial score (nSPS) is 24.4. The van der Waals surface area contributed by atoms with Crippen LogP contribution < -0.4 is 5.32 Å². The van der Waals surface area contributed by atoms with E-state index in [1.165, 1.54) is 6.20 Å². The van der Waals surface area contributed by atoms with Gasteiger partial charge >= 0.3 is 6.18 Å². The number of alkyl halides is 3. The van der Waals surface area contributed by atoms with Gasteiger partial charge in [-0.15, -0.1) is 0 Å². The van der Waals surface area contributed by atoms with Crippen LogP contribution in [0.4, 0.5) is 13.2 Å². The van der Waals surface area contributed by atoms with E-state index in [1.807, 2.05) is 0 Å². The summed E-state index contributed by atoms with van der Waals surface area (Å²) >= 11 is 0. The molecule has 4 heteroatoms. The van der Waals surface area contributed by atoms with Crippen LogP contribution in [0.25, 0.3) is 0 Å². The summed E-state index contributed by atoms with van der Waals surface area (Å²) in [6.07, 6.45) is -0.722. The van der Waals surface area contributed by atoms with Crippen molar-refractivity contribution in [3.05, 3.63) is 23.9 Å². The van der Waals surface area contributed by atoms with Crippen molar-refractivity contribution in [3.63, 3.8) is 0 Å². The lowest BCUT2D eigenvalue weighted by Gasteiger charge is -2.16. The molecular weight excluding hydrogens is 155 g/mol. The van der Waals surface area contributed by atoms with Crippen LogP contribution in [0, 0.1) is 0 Å². The zero-order valence-corrected chi connectivity index (χ0v) is 5.94. The van der Waals surface area contributed by atoms with Gasteiger partial charge in [0.15, 0.2) is 0 Å². The van der Waals surface area contributed by atoms with Crippen LogP contribution in [0.1, 0.15) is 6.92 Å². The van der Waals surface area contributed by atoms with Gasteiger partial charge in [-0.05, 0) is 19.2 Å². The maximum absolute atomic E-state index is 12.0. The molecule has 0 aliphatic carbocycles. The first-order chi connectivity index (χ1) is 5.00. The van der Waals surface area contributed by atoms with E-state index < -0.39 is 11.7 Å². The molecule has 0 aromatic rings. The molecule has 0 saturated heterocycles. The average molecular weight is 163 g/mol. The van der Waals surface area contributed by atoms with Gasteiger partial charge < -0.3 is 5.32 Å². The van der Waals surface area contributed by atoms with Crippen molar-refractivity contribution >= 4 is 0 Å². The Morgan fingerprint density at radius 3 is 2.45 bits per heavy atom. The Hall–Kier alpha value is -0.930. The fraction of sp³-hybridized carbons (Fsp3) is 0.429. The standard InChI is InChI=1S/C7H8F3N/c1-5-4-6(2-3-11-5)7(8,9)10/h2-5,11H,1H3. The van der Waals surface area contributed by atoms with E-state index in [2.05, 4.69) is 5.32 Å². The Morgan fingerprint density at radius 1 is 1.45 bits per heavy atom. The van der Waals surface area contributed by atoms with Crippen molar-refractivity contribution in [3.8, 4) is 0 Å². The number of allylic oxidation sites excluding steroid dienone is 2. The van der Waals surface area contributed by atoms with Crippen molar-refractivity contribution in [1.29, 1.82) is 0 Å². The van der Waals surface area contributed by atoms with Crippen LogP contribution in [-0.4, -0.2) is 12.2 Å². The van der Waals surface area contributed by atoms with Crippen LogP contribution >= 0.6 is 0 Å². The van der Waals surface area contributed by atoms with E-state index in [0.717, 1.165) is 12.2 Å². The minimum atomic E-state index is -4.22. The largest absolute Gasteiger partial charge is 0.416 e. The molecule has 1 heterocycles. The zero-order valence-electron chi connectivity index (χ0n) is 5.94. The van der Waals surface area contributed by atoms with E-state index in [9.17, 15) is 13.2 Å². The highest BCUT2D eigenvalue weighted by molar-refractivity contribution is 5.28. The van der Waals surface area contributed by atoms with Crippen LogP contribution in [0.3, 0.4) is 0 Å². The first-order valence-corrected chi connectivity index (χ1v) is 3.22. The zero-order chi connectivity index (χ0) is 8.48. The monoisotopic (exact) mass is 163 g/mol. The van der Waals surface area contributed by atoms with E-state index in [1.54, 1.807) is 6.92 Å². The molecule has 1 rings (SSSR count). The number of rotatable bonds is 0. The van der Waals surface area contributed by atoms with Crippen molar-refractivity contribution in [1.82, 2.24) is 5.32 Å². The third-order valence-electron chi connectivity index (χ3n) is 1.38. The van der Waals surface area contributed by atoms with Gasteiger partial charge in [-0.1, -0.05) is 6.08 Å². The second-order valence-electron chi connectivity index (χ2n) is 2.41. The van der Waals surface area contributed by atoms with E-state index >= 15 is 0 Å². The van der Waals surface area contributed by atoms with Gasteiger partial charge in [-0.25, -0.2) is 0 Å². The summed E-state index contributed by atoms with van der Waals surface area (Å²) in [7, 11) is 0. The lowest BCUT2D eigenvalue weighted by molar-refractivity contribution is -0.0887. The van der Waals surface area contributed by atoms with E-state index in [0.29, 0.717) is 0 Å². The highest BCUT2D eigenvalue weighted by Gasteiger charge is 2.32. The fourth-order valence-electron chi connectivity index (χ4n) is 0.852. The van der Waals surface area contributed by atoms with Gasteiger partial charge in [0.1, 0.15) is 0 Å². The molecule has 11 heavy (non-hydrogen) atoms. The molecule has 0 radical (unpaired) electrons. The Bertz CT molecular complexity index is 202. The smallest absolute Gasteiger partial charge is 0.385 e. The second kappa shape index (κ2) is 2.60. The Kier molecular flexibility index (Phi) is 1.93. The van der Waals surface area contributed by atoms with Crippen molar-refractivity contribution in [2.45, 2.75) is 19.1 Å². The number of hydrogen-bond acceptors (Lipinski definition) is 1. The predicted molar refractivity (Wildman–Crippen MR) is 35.9 cm³/mol. The summed E-state index contributed by atoms with van der Waals surface area (Å²) in [6, 6.07) is -0.239. The summed E-state index contributed by atoms with van der Waals surface area (Å²) in [5.41, 5.74) is -0.580. The summed E-state index contributed by atoms with van der Waals surface area (Å²) < 4.78 is 35.9. The molecule has 1 unspecified atom stereocenters. The minimum absolute atomic E-state index is 0.239. The third-order valence-corrected chi connectivity index (χ3v) is 1.38. The molecule has 1 nitrogen and oxygen atoms in total. The van der Waals surface area contributed by atoms with Crippen molar-refractivity contribution in [2.75, 3.05) is 0 Å². The Balaban J connectivity index is 2.80. The summed E-state index contributed by atoms with van der Waals surface area (Å²) in [6.45, 7) is 1.66. The van der Waals surface area contributed by atoms with Crippen LogP contribution in [0.5, 0.6) is 0 Å². The van der Waals surface area contributed by atoms with Gasteiger partial charge in [-0.3, -0.25) is 0 Å². The van der Waals surface area contributed by atoms with Gasteiger partial charge in [0.05, 0.1) is 5.57 Å². The molecule has 0 saturated carbocycles. The van der Waals surface area contributed by atoms with E-state index in [4.69, 9.17) is 0 Å². The molecule has 1 atom stereocenters. The fourth-order valence-corrected chi connectivity index (χ4v) is 0.852. The second-order valence-corrected chi connectivity index (χ2v) is 2.41. The summed E-state index contributed by atoms with van der Waals surface area (Å²) in [5, 5.41) is 2.73. The van der Waals surface area contributed by atoms with Gasteiger partial charge in [0, 0.05) is 6.04 Å². The lowest BCUT2D eigenvalue weighted by Crippen LogP contribution is -2.24. The van der Waals surface area contributed by atoms with Crippen molar-refractivity contribution < 1.29 is 13.2 Å². The third kappa shape index (κ3) is 2.00. The quantitative estimate of drug-likeness (QED) is 0.575. The van der Waals surface area contributed by atoms with Crippen molar-refractivity contribution in [2.24, 2.45) is 0 Å². The molecule has 0 fully saturated rings. The molecule has 0 aromatic carbocycles. The Morgan fingerprint density at radius 2 is 2.09 bits per heavy atom. The van der Waals surface area contributed by atoms with Gasteiger partial charge in [0.25, 0.3) is 0 Å². The molecule has 1 N–H and O–H groups in total. The molecule has 0 aromatic heterocycles. The molecule has 0 amide bonds. The van der Waals surface area contributed by atoms with Crippen LogP contribution in [0.15, 0.2) is 23.9 Å². The maximum atomic E-state index is 12.0. The number of hydrogen-bond donors (Lipinski definition) is 1. The summed E-state index contributed by atoms with van der Waals surface area (Å²) in [5.74, 6) is 0. The van der Waals surface area contributed by atoms with Gasteiger partial charge in [0.2, 0.25) is 0 Å². The minimum Gasteiger partial charge on any atom is -0.385 e. The average Bonchev–Trinajstić information content (AvgIpc) is 1.86. The molecular formula is C7H8F3N. The number of nitrogens with one attached hydrogen (secondary N) is 1. The highest BCUT2D eigenvalue weighted by atomic mass is 19.4. The molecule has 0 spiro atoms. The molecule has 1 aliphatic rings. The topological polar surface area (TPSA) is 12.0 Å². The highest BCUT2D eigenvalue weighted by Crippen LogP contribution is 2.27. The first kappa shape index (κ1) is 8.17. The number of dihydropyridines is 1. The van der Waals surface area contributed by atoms with Crippen LogP contribution in [0.2, 0.25) is 0 Å². The lowest BCUT2D eigenvalue weighted by atomic mass is 10.1. The maximum Gasteiger partial charge on any atom is 0.416 e. The van der Waals surface area contributed by atoms with E-state index in [-0.39, 0.29) is 6.04 Å².